The second-order valence-corrected chi connectivity index (χ2v) is 8.29. The van der Waals surface area contributed by atoms with Crippen molar-refractivity contribution in [2.75, 3.05) is 11.3 Å². The van der Waals surface area contributed by atoms with Gasteiger partial charge in [0.15, 0.2) is 16.3 Å². The molecule has 1 unspecified atom stereocenters. The average molecular weight is 411 g/mol. The van der Waals surface area contributed by atoms with Gasteiger partial charge in [0.2, 0.25) is 0 Å². The lowest BCUT2D eigenvalue weighted by Gasteiger charge is -2.31. The molecule has 1 N–H and O–H groups in total. The van der Waals surface area contributed by atoms with Crippen LogP contribution in [0.2, 0.25) is 0 Å². The molecule has 1 atom stereocenters. The molecule has 4 rings (SSSR count). The van der Waals surface area contributed by atoms with Crippen LogP contribution in [-0.2, 0) is 0 Å². The van der Waals surface area contributed by atoms with Gasteiger partial charge in [-0.3, -0.25) is 5.43 Å². The van der Waals surface area contributed by atoms with Crippen molar-refractivity contribution in [3.8, 4) is 0 Å². The van der Waals surface area contributed by atoms with Gasteiger partial charge in [0.25, 0.3) is 0 Å². The lowest BCUT2D eigenvalue weighted by Crippen LogP contribution is -2.46. The van der Waals surface area contributed by atoms with Crippen LogP contribution >= 0.6 is 35.3 Å². The highest BCUT2D eigenvalue weighted by Gasteiger charge is 2.38. The largest absolute Gasteiger partial charge is 0.279 e. The van der Waals surface area contributed by atoms with Gasteiger partial charge in [0.1, 0.15) is 0 Å². The molecule has 1 aromatic heterocycles. The molecule has 27 heavy (non-hydrogen) atoms. The fourth-order valence-electron chi connectivity index (χ4n) is 2.94. The van der Waals surface area contributed by atoms with Gasteiger partial charge in [-0.25, -0.2) is 10.0 Å². The lowest BCUT2D eigenvalue weighted by molar-refractivity contribution is 0.307. The highest BCUT2D eigenvalue weighted by atomic mass is 32.2. The molecule has 4 nitrogen and oxygen atoms in total. The smallest absolute Gasteiger partial charge is 0.178 e. The zero-order chi connectivity index (χ0) is 18.6. The molecular weight excluding hydrogens is 392 g/mol. The van der Waals surface area contributed by atoms with Crippen LogP contribution in [0.25, 0.3) is 0 Å². The number of hydrogen-bond acceptors (Lipinski definition) is 6. The normalized spacial score (nSPS) is 16.3. The van der Waals surface area contributed by atoms with Crippen LogP contribution in [0.4, 0.5) is 5.69 Å². The number of nitrogens with one attached hydrogen (secondary N) is 1. The minimum absolute atomic E-state index is 0.118. The summed E-state index contributed by atoms with van der Waals surface area (Å²) in [7, 11) is 0. The Morgan fingerprint density at radius 3 is 2.37 bits per heavy atom. The van der Waals surface area contributed by atoms with Crippen molar-refractivity contribution in [1.82, 2.24) is 10.4 Å². The third-order valence-corrected chi connectivity index (χ3v) is 6.12. The molecular formula is C20H18N4S3. The maximum Gasteiger partial charge on any atom is 0.178 e. The van der Waals surface area contributed by atoms with Crippen molar-refractivity contribution in [3.63, 3.8) is 0 Å². The van der Waals surface area contributed by atoms with E-state index in [4.69, 9.17) is 17.3 Å². The topological polar surface area (TPSA) is 30.9 Å². The van der Waals surface area contributed by atoms with Crippen molar-refractivity contribution in [2.45, 2.75) is 6.17 Å². The Hall–Kier alpha value is -2.35. The molecule has 0 bridgehead atoms. The van der Waals surface area contributed by atoms with Gasteiger partial charge >= 0.3 is 0 Å². The van der Waals surface area contributed by atoms with E-state index in [-0.39, 0.29) is 6.17 Å². The third-order valence-electron chi connectivity index (χ3n) is 4.15. The fourth-order valence-corrected chi connectivity index (χ4v) is 4.02. The van der Waals surface area contributed by atoms with Gasteiger partial charge in [-0.2, -0.15) is 0 Å². The Morgan fingerprint density at radius 1 is 1.04 bits per heavy atom. The van der Waals surface area contributed by atoms with E-state index in [9.17, 15) is 0 Å². The highest BCUT2D eigenvalue weighted by molar-refractivity contribution is 8.22. The number of thioether (sulfide) groups is 1. The van der Waals surface area contributed by atoms with E-state index >= 15 is 0 Å². The van der Waals surface area contributed by atoms with Crippen molar-refractivity contribution in [1.29, 1.82) is 0 Å². The highest BCUT2D eigenvalue weighted by Crippen LogP contribution is 2.37. The van der Waals surface area contributed by atoms with Crippen LogP contribution in [0.5, 0.6) is 0 Å². The predicted octanol–water partition coefficient (Wildman–Crippen LogP) is 5.08. The fraction of sp³-hybridized carbons (Fsp3) is 0.100. The van der Waals surface area contributed by atoms with Crippen LogP contribution < -0.4 is 10.4 Å². The first-order valence-corrected chi connectivity index (χ1v) is 10.9. The van der Waals surface area contributed by atoms with Crippen molar-refractivity contribution in [2.24, 2.45) is 5.10 Å². The zero-order valence-electron chi connectivity index (χ0n) is 14.6. The number of hydrazine groups is 1. The van der Waals surface area contributed by atoms with E-state index < -0.39 is 0 Å². The van der Waals surface area contributed by atoms with E-state index in [1.165, 1.54) is 16.6 Å². The van der Waals surface area contributed by atoms with Crippen LogP contribution in [0.3, 0.4) is 0 Å². The Kier molecular flexibility index (Phi) is 5.42. The quantitative estimate of drug-likeness (QED) is 0.606. The monoisotopic (exact) mass is 410 g/mol. The molecule has 0 saturated carbocycles. The van der Waals surface area contributed by atoms with E-state index in [1.807, 2.05) is 47.7 Å². The average Bonchev–Trinajstić information content (AvgIpc) is 3.37. The van der Waals surface area contributed by atoms with Gasteiger partial charge in [-0.05, 0) is 29.8 Å². The number of benzene rings is 2. The Morgan fingerprint density at radius 2 is 1.74 bits per heavy atom. The summed E-state index contributed by atoms with van der Waals surface area (Å²) >= 11 is 8.69. The molecule has 2 heterocycles. The standard InChI is InChI=1S/C20H18N4S3/c1-26-20(25)22-24-18(15-9-4-2-5-10-15)21-23(16-11-6-3-7-12-16)19(24)17-13-8-14-27-17/h2-14,19H,1H3,(H,22,25). The zero-order valence-corrected chi connectivity index (χ0v) is 17.1. The number of thiophene rings is 1. The van der Waals surface area contributed by atoms with Gasteiger partial charge < -0.3 is 0 Å². The Balaban J connectivity index is 1.83. The van der Waals surface area contributed by atoms with Crippen LogP contribution in [0, 0.1) is 0 Å². The molecule has 0 spiro atoms. The number of rotatable bonds is 4. The number of hydrogen-bond donors (Lipinski definition) is 1. The first-order chi connectivity index (χ1) is 13.3. The SMILES string of the molecule is CSC(=S)NN1C(c2ccccc2)=NN(c2ccccc2)C1c1cccs1. The summed E-state index contributed by atoms with van der Waals surface area (Å²) in [5.74, 6) is 0.842. The Bertz CT molecular complexity index is 926. The number of nitrogens with zero attached hydrogens (tertiary/aromatic N) is 3. The van der Waals surface area contributed by atoms with E-state index in [0.717, 1.165) is 17.1 Å². The van der Waals surface area contributed by atoms with Crippen molar-refractivity contribution in [3.05, 3.63) is 88.6 Å². The second kappa shape index (κ2) is 8.12. The first kappa shape index (κ1) is 18.0. The summed E-state index contributed by atoms with van der Waals surface area (Å²) in [6.45, 7) is 0. The molecule has 136 valence electrons. The van der Waals surface area contributed by atoms with Crippen LogP contribution in [-0.4, -0.2) is 21.4 Å². The molecule has 1 aliphatic heterocycles. The van der Waals surface area contributed by atoms with Crippen molar-refractivity contribution >= 4 is 51.2 Å². The molecule has 7 heteroatoms. The van der Waals surface area contributed by atoms with Gasteiger partial charge in [0, 0.05) is 5.56 Å². The molecule has 0 radical (unpaired) electrons. The number of hydrazone groups is 1. The summed E-state index contributed by atoms with van der Waals surface area (Å²) in [4.78, 5) is 1.19. The summed E-state index contributed by atoms with van der Waals surface area (Å²) in [5.41, 5.74) is 5.44. The molecule has 0 aliphatic carbocycles. The Labute approximate surface area is 172 Å². The molecule has 0 amide bonds. The van der Waals surface area contributed by atoms with Crippen molar-refractivity contribution < 1.29 is 0 Å². The summed E-state index contributed by atoms with van der Waals surface area (Å²) < 4.78 is 0.704. The van der Waals surface area contributed by atoms with E-state index in [0.29, 0.717) is 4.32 Å². The first-order valence-electron chi connectivity index (χ1n) is 8.43. The maximum atomic E-state index is 5.47. The van der Waals surface area contributed by atoms with E-state index in [1.54, 1.807) is 11.3 Å². The molecule has 1 aliphatic rings. The number of thiocarbonyl (C=S) groups is 1. The summed E-state index contributed by atoms with van der Waals surface area (Å²) in [6, 6.07) is 24.6. The van der Waals surface area contributed by atoms with Gasteiger partial charge in [-0.15, -0.1) is 16.4 Å². The second-order valence-electron chi connectivity index (χ2n) is 5.83. The summed E-state index contributed by atoms with van der Waals surface area (Å²) in [6.07, 6.45) is 1.85. The number of amidine groups is 1. The number of para-hydroxylation sites is 1. The molecule has 0 fully saturated rings. The summed E-state index contributed by atoms with van der Waals surface area (Å²) in [5, 5.41) is 11.2. The number of anilines is 1. The van der Waals surface area contributed by atoms with Gasteiger partial charge in [0.05, 0.1) is 10.6 Å². The lowest BCUT2D eigenvalue weighted by atomic mass is 10.2. The van der Waals surface area contributed by atoms with Crippen LogP contribution in [0.15, 0.2) is 83.3 Å². The minimum Gasteiger partial charge on any atom is -0.279 e. The molecule has 3 aromatic rings. The minimum atomic E-state index is -0.118. The maximum absolute atomic E-state index is 5.47. The molecule has 0 saturated heterocycles. The third kappa shape index (κ3) is 3.71. The predicted molar refractivity (Wildman–Crippen MR) is 120 cm³/mol. The molecule has 2 aromatic carbocycles. The van der Waals surface area contributed by atoms with Crippen LogP contribution in [0.1, 0.15) is 16.6 Å². The van der Waals surface area contributed by atoms with Gasteiger partial charge in [-0.1, -0.05) is 78.6 Å². The van der Waals surface area contributed by atoms with E-state index in [2.05, 4.69) is 52.2 Å².